The summed E-state index contributed by atoms with van der Waals surface area (Å²) in [6, 6.07) is 7.51. The minimum atomic E-state index is 0.560. The Bertz CT molecular complexity index is 812. The molecule has 3 aromatic rings. The lowest BCUT2D eigenvalue weighted by Gasteiger charge is -2.03. The maximum Gasteiger partial charge on any atom is 0.170 e. The van der Waals surface area contributed by atoms with Crippen molar-refractivity contribution in [1.82, 2.24) is 24.8 Å². The summed E-state index contributed by atoms with van der Waals surface area (Å²) in [7, 11) is 0. The van der Waals surface area contributed by atoms with Crippen molar-refractivity contribution >= 4 is 5.65 Å². The van der Waals surface area contributed by atoms with Crippen molar-refractivity contribution in [2.75, 3.05) is 0 Å². The average Bonchev–Trinajstić information content (AvgIpc) is 2.84. The predicted molar refractivity (Wildman–Crippen MR) is 68.2 cm³/mol. The van der Waals surface area contributed by atoms with Gasteiger partial charge in [0, 0.05) is 11.8 Å². The molecule has 0 fully saturated rings. The van der Waals surface area contributed by atoms with Gasteiger partial charge < -0.3 is 0 Å². The van der Waals surface area contributed by atoms with Gasteiger partial charge in [-0.1, -0.05) is 0 Å². The first kappa shape index (κ1) is 11.3. The zero-order chi connectivity index (χ0) is 13.4. The maximum atomic E-state index is 8.97. The SMILES string of the molecule is Cc1cc(-c2nnc3ccc(C#N)cn23)c(C)nn1. The predicted octanol–water partition coefficient (Wildman–Crippen LogP) is 1.67. The number of rotatable bonds is 1. The van der Waals surface area contributed by atoms with E-state index in [0.29, 0.717) is 17.0 Å². The van der Waals surface area contributed by atoms with E-state index in [1.54, 1.807) is 22.7 Å². The fraction of sp³-hybridized carbons (Fsp3) is 0.154. The molecule has 19 heavy (non-hydrogen) atoms. The van der Waals surface area contributed by atoms with E-state index in [4.69, 9.17) is 5.26 Å². The van der Waals surface area contributed by atoms with Crippen LogP contribution >= 0.6 is 0 Å². The van der Waals surface area contributed by atoms with Crippen LogP contribution in [0.3, 0.4) is 0 Å². The number of hydrogen-bond donors (Lipinski definition) is 0. The maximum absolute atomic E-state index is 8.97. The first-order chi connectivity index (χ1) is 9.19. The third-order valence-corrected chi connectivity index (χ3v) is 2.87. The highest BCUT2D eigenvalue weighted by Crippen LogP contribution is 2.21. The number of nitrogens with zero attached hydrogens (tertiary/aromatic N) is 6. The zero-order valence-corrected chi connectivity index (χ0v) is 10.5. The molecule has 6 nitrogen and oxygen atoms in total. The van der Waals surface area contributed by atoms with Crippen molar-refractivity contribution in [3.8, 4) is 17.5 Å². The minimum absolute atomic E-state index is 0.560. The molecule has 3 rings (SSSR count). The molecule has 0 radical (unpaired) electrons. The second-order valence-electron chi connectivity index (χ2n) is 4.27. The van der Waals surface area contributed by atoms with E-state index in [2.05, 4.69) is 26.5 Å². The van der Waals surface area contributed by atoms with E-state index in [-0.39, 0.29) is 0 Å². The molecule has 6 heteroatoms. The molecule has 0 bridgehead atoms. The van der Waals surface area contributed by atoms with Crippen molar-refractivity contribution in [3.63, 3.8) is 0 Å². The minimum Gasteiger partial charge on any atom is -0.281 e. The Morgan fingerprint density at radius 3 is 2.74 bits per heavy atom. The van der Waals surface area contributed by atoms with Crippen molar-refractivity contribution in [2.45, 2.75) is 13.8 Å². The molecule has 0 aliphatic carbocycles. The largest absolute Gasteiger partial charge is 0.281 e. The molecule has 3 heterocycles. The molecule has 0 unspecified atom stereocenters. The highest BCUT2D eigenvalue weighted by atomic mass is 15.2. The lowest BCUT2D eigenvalue weighted by Crippen LogP contribution is -1.97. The van der Waals surface area contributed by atoms with Crippen LogP contribution in [0.15, 0.2) is 24.4 Å². The van der Waals surface area contributed by atoms with Crippen LogP contribution in [-0.4, -0.2) is 24.8 Å². The lowest BCUT2D eigenvalue weighted by atomic mass is 10.2. The molecule has 0 spiro atoms. The summed E-state index contributed by atoms with van der Waals surface area (Å²) in [5.41, 5.74) is 3.72. The highest BCUT2D eigenvalue weighted by molar-refractivity contribution is 5.62. The summed E-state index contributed by atoms with van der Waals surface area (Å²) in [5, 5.41) is 25.3. The van der Waals surface area contributed by atoms with Crippen molar-refractivity contribution < 1.29 is 0 Å². The first-order valence-corrected chi connectivity index (χ1v) is 5.75. The Hall–Kier alpha value is -2.81. The molecule has 0 aromatic carbocycles. The van der Waals surface area contributed by atoms with E-state index in [1.165, 1.54) is 0 Å². The van der Waals surface area contributed by atoms with Crippen LogP contribution in [0, 0.1) is 25.2 Å². The zero-order valence-electron chi connectivity index (χ0n) is 10.5. The molecule has 0 atom stereocenters. The Morgan fingerprint density at radius 1 is 1.11 bits per heavy atom. The van der Waals surface area contributed by atoms with Gasteiger partial charge in [0.1, 0.15) is 6.07 Å². The molecule has 0 aliphatic heterocycles. The van der Waals surface area contributed by atoms with Crippen molar-refractivity contribution in [3.05, 3.63) is 41.3 Å². The van der Waals surface area contributed by atoms with Gasteiger partial charge in [-0.3, -0.25) is 4.40 Å². The van der Waals surface area contributed by atoms with E-state index in [1.807, 2.05) is 19.9 Å². The molecule has 92 valence electrons. The highest BCUT2D eigenvalue weighted by Gasteiger charge is 2.12. The fourth-order valence-corrected chi connectivity index (χ4v) is 1.92. The van der Waals surface area contributed by atoms with Crippen LogP contribution in [0.25, 0.3) is 17.0 Å². The third-order valence-electron chi connectivity index (χ3n) is 2.87. The quantitative estimate of drug-likeness (QED) is 0.656. The summed E-state index contributed by atoms with van der Waals surface area (Å²) in [6.45, 7) is 3.75. The van der Waals surface area contributed by atoms with Crippen molar-refractivity contribution in [1.29, 1.82) is 5.26 Å². The average molecular weight is 250 g/mol. The van der Waals surface area contributed by atoms with Gasteiger partial charge in [-0.15, -0.1) is 10.2 Å². The van der Waals surface area contributed by atoms with Gasteiger partial charge in [0.15, 0.2) is 11.5 Å². The number of aromatic nitrogens is 5. The van der Waals surface area contributed by atoms with Crippen LogP contribution in [0.5, 0.6) is 0 Å². The van der Waals surface area contributed by atoms with E-state index in [9.17, 15) is 0 Å². The van der Waals surface area contributed by atoms with Crippen molar-refractivity contribution in [2.24, 2.45) is 0 Å². The number of hydrogen-bond acceptors (Lipinski definition) is 5. The number of nitriles is 1. The summed E-state index contributed by atoms with van der Waals surface area (Å²) in [6.07, 6.45) is 1.72. The van der Waals surface area contributed by atoms with E-state index in [0.717, 1.165) is 17.0 Å². The fourth-order valence-electron chi connectivity index (χ4n) is 1.92. The molecule has 0 aliphatic rings. The Labute approximate surface area is 109 Å². The third kappa shape index (κ3) is 1.81. The Kier molecular flexibility index (Phi) is 2.46. The van der Waals surface area contributed by atoms with Crippen LogP contribution < -0.4 is 0 Å². The number of pyridine rings is 1. The topological polar surface area (TPSA) is 79.8 Å². The van der Waals surface area contributed by atoms with Gasteiger partial charge in [0.2, 0.25) is 0 Å². The standard InChI is InChI=1S/C13H10N6/c1-8-5-11(9(2)16-15-8)13-18-17-12-4-3-10(6-14)7-19(12)13/h3-5,7H,1-2H3. The second-order valence-corrected chi connectivity index (χ2v) is 4.27. The monoisotopic (exact) mass is 250 g/mol. The van der Waals surface area contributed by atoms with Gasteiger partial charge in [-0.25, -0.2) is 0 Å². The van der Waals surface area contributed by atoms with Gasteiger partial charge in [-0.2, -0.15) is 15.5 Å². The first-order valence-electron chi connectivity index (χ1n) is 5.75. The lowest BCUT2D eigenvalue weighted by molar-refractivity contribution is 0.935. The number of aryl methyl sites for hydroxylation is 2. The summed E-state index contributed by atoms with van der Waals surface area (Å²) >= 11 is 0. The van der Waals surface area contributed by atoms with Crippen LogP contribution in [0.1, 0.15) is 17.0 Å². The van der Waals surface area contributed by atoms with Gasteiger partial charge in [0.25, 0.3) is 0 Å². The molecule has 0 saturated carbocycles. The normalized spacial score (nSPS) is 10.6. The van der Waals surface area contributed by atoms with Gasteiger partial charge in [-0.05, 0) is 32.0 Å². The van der Waals surface area contributed by atoms with E-state index < -0.39 is 0 Å². The molecular formula is C13H10N6. The summed E-state index contributed by atoms with van der Waals surface area (Å²) < 4.78 is 1.79. The van der Waals surface area contributed by atoms with Gasteiger partial charge in [0.05, 0.1) is 17.0 Å². The van der Waals surface area contributed by atoms with Gasteiger partial charge >= 0.3 is 0 Å². The smallest absolute Gasteiger partial charge is 0.170 e. The second kappa shape index (κ2) is 4.14. The molecule has 0 N–H and O–H groups in total. The van der Waals surface area contributed by atoms with Crippen LogP contribution in [0.4, 0.5) is 0 Å². The number of fused-ring (bicyclic) bond motifs is 1. The summed E-state index contributed by atoms with van der Waals surface area (Å²) in [5.74, 6) is 0.669. The Morgan fingerprint density at radius 2 is 1.95 bits per heavy atom. The molecular weight excluding hydrogens is 240 g/mol. The summed E-state index contributed by atoms with van der Waals surface area (Å²) in [4.78, 5) is 0. The molecule has 0 saturated heterocycles. The van der Waals surface area contributed by atoms with E-state index >= 15 is 0 Å². The Balaban J connectivity index is 2.31. The van der Waals surface area contributed by atoms with Crippen LogP contribution in [0.2, 0.25) is 0 Å². The van der Waals surface area contributed by atoms with Crippen LogP contribution in [-0.2, 0) is 0 Å². The molecule has 3 aromatic heterocycles. The molecule has 0 amide bonds.